The molecule has 2 aromatic heterocycles. The first-order valence-corrected chi connectivity index (χ1v) is 6.39. The van der Waals surface area contributed by atoms with Gasteiger partial charge in [0.25, 0.3) is 0 Å². The molecule has 0 saturated carbocycles. The van der Waals surface area contributed by atoms with Crippen molar-refractivity contribution in [1.29, 1.82) is 0 Å². The summed E-state index contributed by atoms with van der Waals surface area (Å²) in [4.78, 5) is 21.7. The number of nitrogens with one attached hydrogen (secondary N) is 2. The molecule has 0 aliphatic rings. The van der Waals surface area contributed by atoms with E-state index in [0.29, 0.717) is 17.7 Å². The summed E-state index contributed by atoms with van der Waals surface area (Å²) in [6.45, 7) is 4.27. The molecule has 7 nitrogen and oxygen atoms in total. The molecule has 20 heavy (non-hydrogen) atoms. The maximum atomic E-state index is 11.9. The van der Waals surface area contributed by atoms with Gasteiger partial charge in [0.05, 0.1) is 6.54 Å². The van der Waals surface area contributed by atoms with E-state index in [2.05, 4.69) is 39.3 Å². The molecule has 2 N–H and O–H groups in total. The van der Waals surface area contributed by atoms with Gasteiger partial charge in [0.2, 0.25) is 11.9 Å². The molecule has 0 aliphatic carbocycles. The number of nitrogens with zero attached hydrogens (tertiary/aromatic N) is 4. The molecule has 0 aliphatic heterocycles. The van der Waals surface area contributed by atoms with E-state index in [4.69, 9.17) is 0 Å². The van der Waals surface area contributed by atoms with E-state index in [1.54, 1.807) is 30.4 Å². The topological polar surface area (TPSA) is 86.8 Å². The van der Waals surface area contributed by atoms with Gasteiger partial charge < -0.3 is 10.2 Å². The van der Waals surface area contributed by atoms with Crippen LogP contribution in [0.25, 0.3) is 0 Å². The smallest absolute Gasteiger partial charge is 0.245 e. The van der Waals surface area contributed by atoms with Gasteiger partial charge in [-0.2, -0.15) is 5.10 Å². The number of hydrogen-bond acceptors (Lipinski definition) is 5. The van der Waals surface area contributed by atoms with Crippen LogP contribution >= 0.6 is 0 Å². The molecule has 0 bridgehead atoms. The Kier molecular flexibility index (Phi) is 4.29. The zero-order valence-corrected chi connectivity index (χ0v) is 11.8. The summed E-state index contributed by atoms with van der Waals surface area (Å²) in [5.41, 5.74) is 0.986. The zero-order chi connectivity index (χ0) is 14.5. The second-order valence-corrected chi connectivity index (χ2v) is 4.82. The van der Waals surface area contributed by atoms with Crippen molar-refractivity contribution in [3.8, 4) is 0 Å². The summed E-state index contributed by atoms with van der Waals surface area (Å²) in [5.74, 6) is 1.21. The standard InChI is InChI=1S/C13H18N6O/c1-9(2)10-7-11(18-17-10)16-12(20)8-19(3)13-14-5-4-6-15-13/h4-7,9H,8H2,1-3H3,(H2,16,17,18,20). The number of rotatable bonds is 5. The fourth-order valence-corrected chi connectivity index (χ4v) is 1.65. The molecule has 0 aromatic carbocycles. The Balaban J connectivity index is 1.92. The summed E-state index contributed by atoms with van der Waals surface area (Å²) >= 11 is 0. The molecule has 0 spiro atoms. The first kappa shape index (κ1) is 14.0. The SMILES string of the molecule is CC(C)c1cc(NC(=O)CN(C)c2ncccn2)n[nH]1. The average Bonchev–Trinajstić information content (AvgIpc) is 2.88. The van der Waals surface area contributed by atoms with Crippen molar-refractivity contribution >= 4 is 17.7 Å². The third-order valence-corrected chi connectivity index (χ3v) is 2.76. The average molecular weight is 274 g/mol. The van der Waals surface area contributed by atoms with E-state index in [-0.39, 0.29) is 12.5 Å². The molecule has 0 radical (unpaired) electrons. The van der Waals surface area contributed by atoms with Crippen LogP contribution in [0.2, 0.25) is 0 Å². The van der Waals surface area contributed by atoms with Gasteiger partial charge in [-0.05, 0) is 12.0 Å². The number of H-pyrrole nitrogens is 1. The fraction of sp³-hybridized carbons (Fsp3) is 0.385. The Morgan fingerprint density at radius 3 is 2.70 bits per heavy atom. The van der Waals surface area contributed by atoms with Crippen LogP contribution in [0.1, 0.15) is 25.5 Å². The fourth-order valence-electron chi connectivity index (χ4n) is 1.65. The summed E-state index contributed by atoms with van der Waals surface area (Å²) in [5, 5.41) is 9.68. The Morgan fingerprint density at radius 2 is 2.10 bits per heavy atom. The molecule has 2 rings (SSSR count). The van der Waals surface area contributed by atoms with E-state index < -0.39 is 0 Å². The summed E-state index contributed by atoms with van der Waals surface area (Å²) in [6.07, 6.45) is 3.28. The van der Waals surface area contributed by atoms with E-state index in [1.807, 2.05) is 6.07 Å². The van der Waals surface area contributed by atoms with Crippen LogP contribution in [0.5, 0.6) is 0 Å². The molecule has 2 aromatic rings. The van der Waals surface area contributed by atoms with Crippen LogP contribution in [-0.2, 0) is 4.79 Å². The van der Waals surface area contributed by atoms with Crippen LogP contribution in [0.15, 0.2) is 24.5 Å². The molecule has 1 amide bonds. The normalized spacial score (nSPS) is 10.6. The molecule has 0 atom stereocenters. The minimum Gasteiger partial charge on any atom is -0.335 e. The van der Waals surface area contributed by atoms with Crippen molar-refractivity contribution in [1.82, 2.24) is 20.2 Å². The van der Waals surface area contributed by atoms with Crippen molar-refractivity contribution in [3.63, 3.8) is 0 Å². The number of anilines is 2. The minimum absolute atomic E-state index is 0.161. The minimum atomic E-state index is -0.165. The molecule has 0 unspecified atom stereocenters. The lowest BCUT2D eigenvalue weighted by atomic mass is 10.1. The predicted molar refractivity (Wildman–Crippen MR) is 76.6 cm³/mol. The molecular formula is C13H18N6O. The number of amides is 1. The van der Waals surface area contributed by atoms with Gasteiger partial charge in [-0.15, -0.1) is 0 Å². The second kappa shape index (κ2) is 6.14. The second-order valence-electron chi connectivity index (χ2n) is 4.82. The Bertz CT molecular complexity index is 565. The number of hydrogen-bond donors (Lipinski definition) is 2. The summed E-state index contributed by atoms with van der Waals surface area (Å²) < 4.78 is 0. The van der Waals surface area contributed by atoms with Crippen molar-refractivity contribution in [3.05, 3.63) is 30.2 Å². The van der Waals surface area contributed by atoms with Gasteiger partial charge in [0, 0.05) is 31.2 Å². The largest absolute Gasteiger partial charge is 0.335 e. The lowest BCUT2D eigenvalue weighted by molar-refractivity contribution is -0.115. The molecule has 0 saturated heterocycles. The summed E-state index contributed by atoms with van der Waals surface area (Å²) in [6, 6.07) is 3.57. The lowest BCUT2D eigenvalue weighted by Crippen LogP contribution is -2.31. The first-order valence-electron chi connectivity index (χ1n) is 6.39. The van der Waals surface area contributed by atoms with Crippen LogP contribution < -0.4 is 10.2 Å². The number of likely N-dealkylation sites (N-methyl/N-ethyl adjacent to an activating group) is 1. The Hall–Kier alpha value is -2.44. The van der Waals surface area contributed by atoms with Crippen molar-refractivity contribution in [2.24, 2.45) is 0 Å². The third-order valence-electron chi connectivity index (χ3n) is 2.76. The summed E-state index contributed by atoms with van der Waals surface area (Å²) in [7, 11) is 1.76. The van der Waals surface area contributed by atoms with Crippen molar-refractivity contribution < 1.29 is 4.79 Å². The highest BCUT2D eigenvalue weighted by atomic mass is 16.2. The number of aromatic amines is 1. The highest BCUT2D eigenvalue weighted by molar-refractivity contribution is 5.92. The molecule has 2 heterocycles. The van der Waals surface area contributed by atoms with Crippen LogP contribution in [0.4, 0.5) is 11.8 Å². The predicted octanol–water partition coefficient (Wildman–Crippen LogP) is 1.40. The highest BCUT2D eigenvalue weighted by Crippen LogP contribution is 2.14. The van der Waals surface area contributed by atoms with Gasteiger partial charge in [-0.25, -0.2) is 9.97 Å². The van der Waals surface area contributed by atoms with Crippen molar-refractivity contribution in [2.45, 2.75) is 19.8 Å². The van der Waals surface area contributed by atoms with Crippen LogP contribution in [0.3, 0.4) is 0 Å². The maximum Gasteiger partial charge on any atom is 0.245 e. The number of carbonyl (C=O) groups is 1. The lowest BCUT2D eigenvalue weighted by Gasteiger charge is -2.15. The van der Waals surface area contributed by atoms with E-state index in [9.17, 15) is 4.79 Å². The van der Waals surface area contributed by atoms with Crippen LogP contribution in [0, 0.1) is 0 Å². The maximum absolute atomic E-state index is 11.9. The molecule has 106 valence electrons. The van der Waals surface area contributed by atoms with Gasteiger partial charge in [0.15, 0.2) is 5.82 Å². The Morgan fingerprint density at radius 1 is 1.40 bits per heavy atom. The van der Waals surface area contributed by atoms with Gasteiger partial charge >= 0.3 is 0 Å². The third kappa shape index (κ3) is 3.53. The molecular weight excluding hydrogens is 256 g/mol. The van der Waals surface area contributed by atoms with Gasteiger partial charge in [-0.1, -0.05) is 13.8 Å². The van der Waals surface area contributed by atoms with Gasteiger partial charge in [0.1, 0.15) is 0 Å². The van der Waals surface area contributed by atoms with E-state index in [0.717, 1.165) is 5.69 Å². The van der Waals surface area contributed by atoms with E-state index >= 15 is 0 Å². The zero-order valence-electron chi connectivity index (χ0n) is 11.8. The number of carbonyl (C=O) groups excluding carboxylic acids is 1. The monoisotopic (exact) mass is 274 g/mol. The molecule has 0 fully saturated rings. The quantitative estimate of drug-likeness (QED) is 0.860. The van der Waals surface area contributed by atoms with Gasteiger partial charge in [-0.3, -0.25) is 9.89 Å². The first-order chi connectivity index (χ1) is 9.56. The van der Waals surface area contributed by atoms with E-state index in [1.165, 1.54) is 0 Å². The van der Waals surface area contributed by atoms with Crippen molar-refractivity contribution in [2.75, 3.05) is 23.8 Å². The highest BCUT2D eigenvalue weighted by Gasteiger charge is 2.11. The Labute approximate surface area is 117 Å². The molecule has 7 heteroatoms. The van der Waals surface area contributed by atoms with Crippen LogP contribution in [-0.4, -0.2) is 39.7 Å². The number of aromatic nitrogens is 4.